The van der Waals surface area contributed by atoms with Crippen LogP contribution in [0, 0.1) is 11.3 Å². The minimum Gasteiger partial charge on any atom is -0.381 e. The van der Waals surface area contributed by atoms with E-state index >= 15 is 0 Å². The van der Waals surface area contributed by atoms with Gasteiger partial charge in [0.2, 0.25) is 0 Å². The standard InChI is InChI=1S/C11H12BrN3O/c12-9-5-8(6-13)11(14-7-9)15-10-1-3-16-4-2-10/h5,7,10H,1-4H2,(H,14,15). The summed E-state index contributed by atoms with van der Waals surface area (Å²) >= 11 is 3.30. The highest BCUT2D eigenvalue weighted by Crippen LogP contribution is 2.20. The van der Waals surface area contributed by atoms with Crippen molar-refractivity contribution in [2.75, 3.05) is 18.5 Å². The Balaban J connectivity index is 2.11. The van der Waals surface area contributed by atoms with E-state index in [2.05, 4.69) is 32.3 Å². The van der Waals surface area contributed by atoms with E-state index in [-0.39, 0.29) is 0 Å². The molecule has 0 unspecified atom stereocenters. The molecule has 0 spiro atoms. The molecular weight excluding hydrogens is 270 g/mol. The van der Waals surface area contributed by atoms with E-state index in [9.17, 15) is 0 Å². The maximum Gasteiger partial charge on any atom is 0.144 e. The fourth-order valence-corrected chi connectivity index (χ4v) is 2.01. The molecule has 1 fully saturated rings. The van der Waals surface area contributed by atoms with Gasteiger partial charge in [-0.15, -0.1) is 0 Å². The lowest BCUT2D eigenvalue weighted by molar-refractivity contribution is 0.0904. The summed E-state index contributed by atoms with van der Waals surface area (Å²) in [4.78, 5) is 4.22. The van der Waals surface area contributed by atoms with Crippen molar-refractivity contribution in [3.05, 3.63) is 22.3 Å². The molecule has 1 aromatic heterocycles. The second kappa shape index (κ2) is 5.28. The van der Waals surface area contributed by atoms with Crippen LogP contribution >= 0.6 is 15.9 Å². The average Bonchev–Trinajstić information content (AvgIpc) is 2.33. The number of nitriles is 1. The summed E-state index contributed by atoms with van der Waals surface area (Å²) < 4.78 is 6.10. The molecule has 84 valence electrons. The van der Waals surface area contributed by atoms with Crippen LogP contribution in [-0.2, 0) is 4.74 Å². The largest absolute Gasteiger partial charge is 0.381 e. The predicted octanol–water partition coefficient (Wildman–Crippen LogP) is 2.31. The molecule has 0 aliphatic carbocycles. The van der Waals surface area contributed by atoms with Crippen LogP contribution in [0.25, 0.3) is 0 Å². The van der Waals surface area contributed by atoms with Gasteiger partial charge in [-0.2, -0.15) is 5.26 Å². The van der Waals surface area contributed by atoms with Crippen molar-refractivity contribution in [1.29, 1.82) is 5.26 Å². The van der Waals surface area contributed by atoms with Gasteiger partial charge in [0.05, 0.1) is 5.56 Å². The molecule has 1 saturated heterocycles. The minimum atomic E-state index is 0.356. The quantitative estimate of drug-likeness (QED) is 0.904. The van der Waals surface area contributed by atoms with Gasteiger partial charge in [0, 0.05) is 29.9 Å². The Morgan fingerprint density at radius 3 is 2.94 bits per heavy atom. The van der Waals surface area contributed by atoms with Gasteiger partial charge in [0.15, 0.2) is 0 Å². The zero-order valence-corrected chi connectivity index (χ0v) is 10.3. The Hall–Kier alpha value is -1.12. The SMILES string of the molecule is N#Cc1cc(Br)cnc1NC1CCOCC1. The second-order valence-corrected chi connectivity index (χ2v) is 4.61. The van der Waals surface area contributed by atoms with Crippen molar-refractivity contribution in [3.63, 3.8) is 0 Å². The van der Waals surface area contributed by atoms with Crippen molar-refractivity contribution in [2.24, 2.45) is 0 Å². The van der Waals surface area contributed by atoms with Crippen LogP contribution in [0.4, 0.5) is 5.82 Å². The Labute approximate surface area is 103 Å². The third kappa shape index (κ3) is 2.71. The van der Waals surface area contributed by atoms with E-state index in [4.69, 9.17) is 10.00 Å². The van der Waals surface area contributed by atoms with Crippen molar-refractivity contribution in [3.8, 4) is 6.07 Å². The molecule has 1 aromatic rings. The summed E-state index contributed by atoms with van der Waals surface area (Å²) in [7, 11) is 0. The number of nitrogens with one attached hydrogen (secondary N) is 1. The third-order valence-electron chi connectivity index (χ3n) is 2.54. The molecule has 0 atom stereocenters. The number of hydrogen-bond donors (Lipinski definition) is 1. The summed E-state index contributed by atoms with van der Waals surface area (Å²) in [6, 6.07) is 4.27. The van der Waals surface area contributed by atoms with Gasteiger partial charge >= 0.3 is 0 Å². The first kappa shape index (κ1) is 11.4. The van der Waals surface area contributed by atoms with Gasteiger partial charge < -0.3 is 10.1 Å². The maximum atomic E-state index is 9.00. The molecule has 0 aromatic carbocycles. The van der Waals surface area contributed by atoms with E-state index in [0.29, 0.717) is 17.4 Å². The fourth-order valence-electron chi connectivity index (χ4n) is 1.67. The van der Waals surface area contributed by atoms with Crippen molar-refractivity contribution < 1.29 is 4.74 Å². The molecule has 2 heterocycles. The lowest BCUT2D eigenvalue weighted by atomic mass is 10.1. The maximum absolute atomic E-state index is 9.00. The zero-order valence-electron chi connectivity index (χ0n) is 8.74. The molecule has 5 heteroatoms. The molecule has 1 N–H and O–H groups in total. The molecule has 4 nitrogen and oxygen atoms in total. The molecule has 2 rings (SSSR count). The van der Waals surface area contributed by atoms with E-state index in [0.717, 1.165) is 30.5 Å². The number of hydrogen-bond acceptors (Lipinski definition) is 4. The van der Waals surface area contributed by atoms with Crippen LogP contribution in [0.1, 0.15) is 18.4 Å². The monoisotopic (exact) mass is 281 g/mol. The number of halogens is 1. The number of ether oxygens (including phenoxy) is 1. The van der Waals surface area contributed by atoms with Gasteiger partial charge in [-0.3, -0.25) is 0 Å². The van der Waals surface area contributed by atoms with Crippen LogP contribution in [-0.4, -0.2) is 24.2 Å². The van der Waals surface area contributed by atoms with Crippen LogP contribution in [0.2, 0.25) is 0 Å². The van der Waals surface area contributed by atoms with Crippen molar-refractivity contribution >= 4 is 21.7 Å². The number of pyridine rings is 1. The molecular formula is C11H12BrN3O. The van der Waals surface area contributed by atoms with E-state index in [1.807, 2.05) is 0 Å². The smallest absolute Gasteiger partial charge is 0.144 e. The summed E-state index contributed by atoms with van der Waals surface area (Å²) in [6.07, 6.45) is 3.62. The topological polar surface area (TPSA) is 57.9 Å². The molecule has 0 saturated carbocycles. The summed E-state index contributed by atoms with van der Waals surface area (Å²) in [6.45, 7) is 1.55. The first-order chi connectivity index (χ1) is 7.79. The van der Waals surface area contributed by atoms with E-state index in [1.165, 1.54) is 0 Å². The molecule has 0 amide bonds. The molecule has 1 aliphatic rings. The lowest BCUT2D eigenvalue weighted by Crippen LogP contribution is -2.28. The van der Waals surface area contributed by atoms with Gasteiger partial charge in [-0.25, -0.2) is 4.98 Å². The van der Waals surface area contributed by atoms with E-state index in [1.54, 1.807) is 12.3 Å². The van der Waals surface area contributed by atoms with Gasteiger partial charge in [0.1, 0.15) is 11.9 Å². The lowest BCUT2D eigenvalue weighted by Gasteiger charge is -2.23. The second-order valence-electron chi connectivity index (χ2n) is 3.69. The van der Waals surface area contributed by atoms with Crippen LogP contribution in [0.5, 0.6) is 0 Å². The highest BCUT2D eigenvalue weighted by molar-refractivity contribution is 9.10. The number of anilines is 1. The van der Waals surface area contributed by atoms with Crippen LogP contribution in [0.15, 0.2) is 16.7 Å². The number of rotatable bonds is 2. The molecule has 1 aliphatic heterocycles. The van der Waals surface area contributed by atoms with Crippen molar-refractivity contribution in [2.45, 2.75) is 18.9 Å². The molecule has 0 radical (unpaired) electrons. The summed E-state index contributed by atoms with van der Waals surface area (Å²) in [5, 5.41) is 12.3. The predicted molar refractivity (Wildman–Crippen MR) is 64.1 cm³/mol. The Morgan fingerprint density at radius 2 is 2.25 bits per heavy atom. The van der Waals surface area contributed by atoms with Gasteiger partial charge in [0.25, 0.3) is 0 Å². The third-order valence-corrected chi connectivity index (χ3v) is 2.97. The zero-order chi connectivity index (χ0) is 11.4. The Morgan fingerprint density at radius 1 is 1.50 bits per heavy atom. The Bertz CT molecular complexity index is 410. The van der Waals surface area contributed by atoms with Gasteiger partial charge in [-0.1, -0.05) is 0 Å². The summed E-state index contributed by atoms with van der Waals surface area (Å²) in [5.74, 6) is 0.664. The average molecular weight is 282 g/mol. The molecule has 16 heavy (non-hydrogen) atoms. The highest BCUT2D eigenvalue weighted by atomic mass is 79.9. The number of aromatic nitrogens is 1. The number of nitrogens with zero attached hydrogens (tertiary/aromatic N) is 2. The minimum absolute atomic E-state index is 0.356. The normalized spacial score (nSPS) is 16.8. The fraction of sp³-hybridized carbons (Fsp3) is 0.455. The van der Waals surface area contributed by atoms with E-state index < -0.39 is 0 Å². The Kier molecular flexibility index (Phi) is 3.75. The summed E-state index contributed by atoms with van der Waals surface area (Å²) in [5.41, 5.74) is 0.570. The first-order valence-electron chi connectivity index (χ1n) is 5.19. The highest BCUT2D eigenvalue weighted by Gasteiger charge is 2.15. The first-order valence-corrected chi connectivity index (χ1v) is 5.99. The van der Waals surface area contributed by atoms with Gasteiger partial charge in [-0.05, 0) is 34.8 Å². The van der Waals surface area contributed by atoms with Crippen LogP contribution < -0.4 is 5.32 Å². The van der Waals surface area contributed by atoms with Crippen molar-refractivity contribution in [1.82, 2.24) is 4.98 Å². The van der Waals surface area contributed by atoms with Crippen LogP contribution in [0.3, 0.4) is 0 Å². The molecule has 0 bridgehead atoms.